The Morgan fingerprint density at radius 2 is 2.05 bits per heavy atom. The Balaban J connectivity index is 2.07. The number of anilines is 1. The second-order valence-electron chi connectivity index (χ2n) is 5.34. The summed E-state index contributed by atoms with van der Waals surface area (Å²) in [6.07, 6.45) is 9.83. The van der Waals surface area contributed by atoms with Crippen molar-refractivity contribution in [2.75, 3.05) is 18.0 Å². The molecule has 0 aliphatic heterocycles. The third-order valence-corrected chi connectivity index (χ3v) is 3.78. The van der Waals surface area contributed by atoms with Crippen LogP contribution in [0.4, 0.5) is 5.82 Å². The van der Waals surface area contributed by atoms with Crippen LogP contribution >= 0.6 is 0 Å². The number of pyridine rings is 1. The van der Waals surface area contributed by atoms with Gasteiger partial charge >= 0.3 is 0 Å². The molecule has 0 radical (unpaired) electrons. The van der Waals surface area contributed by atoms with Gasteiger partial charge in [0.05, 0.1) is 13.2 Å². The van der Waals surface area contributed by atoms with E-state index in [2.05, 4.69) is 15.8 Å². The predicted molar refractivity (Wildman–Crippen MR) is 81.4 cm³/mol. The summed E-state index contributed by atoms with van der Waals surface area (Å²) in [6, 6.07) is 8.06. The number of aliphatic hydroxyl groups excluding tert-OH is 1. The van der Waals surface area contributed by atoms with E-state index in [0.717, 1.165) is 34.6 Å². The van der Waals surface area contributed by atoms with Crippen molar-refractivity contribution >= 4 is 16.6 Å². The Hall–Kier alpha value is -2.05. The summed E-state index contributed by atoms with van der Waals surface area (Å²) in [7, 11) is 0. The number of aliphatic hydroxyl groups is 1. The highest BCUT2D eigenvalue weighted by Crippen LogP contribution is 2.33. The van der Waals surface area contributed by atoms with Crippen LogP contribution < -0.4 is 4.90 Å². The fraction of sp³-hybridized carbons (Fsp3) is 0.353. The summed E-state index contributed by atoms with van der Waals surface area (Å²) in [4.78, 5) is 6.73. The summed E-state index contributed by atoms with van der Waals surface area (Å²) < 4.78 is 0. The van der Waals surface area contributed by atoms with Gasteiger partial charge in [-0.2, -0.15) is 0 Å². The molecule has 0 unspecified atom stereocenters. The zero-order valence-electron chi connectivity index (χ0n) is 11.4. The molecule has 0 amide bonds. The van der Waals surface area contributed by atoms with E-state index in [4.69, 9.17) is 6.42 Å². The largest absolute Gasteiger partial charge is 0.392 e. The van der Waals surface area contributed by atoms with E-state index in [-0.39, 0.29) is 6.61 Å². The quantitative estimate of drug-likeness (QED) is 0.845. The SMILES string of the molecule is C#CCN(CC1CC1)c1ncc(CO)c2ccccc12. The molecule has 0 saturated heterocycles. The molecule has 1 N–H and O–H groups in total. The molecule has 102 valence electrons. The molecule has 1 fully saturated rings. The molecule has 0 spiro atoms. The Labute approximate surface area is 119 Å². The summed E-state index contributed by atoms with van der Waals surface area (Å²) in [5.74, 6) is 4.41. The molecule has 1 saturated carbocycles. The maximum absolute atomic E-state index is 9.44. The molecule has 2 aromatic rings. The average Bonchev–Trinajstić information content (AvgIpc) is 3.30. The first kappa shape index (κ1) is 13.0. The highest BCUT2D eigenvalue weighted by Gasteiger charge is 2.25. The van der Waals surface area contributed by atoms with E-state index in [0.29, 0.717) is 6.54 Å². The van der Waals surface area contributed by atoms with Gasteiger partial charge in [-0.25, -0.2) is 4.98 Å². The second-order valence-corrected chi connectivity index (χ2v) is 5.34. The van der Waals surface area contributed by atoms with Crippen molar-refractivity contribution in [1.29, 1.82) is 0 Å². The topological polar surface area (TPSA) is 36.4 Å². The smallest absolute Gasteiger partial charge is 0.137 e. The number of rotatable bonds is 5. The summed E-state index contributed by atoms with van der Waals surface area (Å²) in [5, 5.41) is 11.6. The summed E-state index contributed by atoms with van der Waals surface area (Å²) >= 11 is 0. The molecule has 1 aliphatic rings. The molecule has 1 aromatic carbocycles. The van der Waals surface area contributed by atoms with Crippen molar-refractivity contribution in [2.24, 2.45) is 5.92 Å². The third kappa shape index (κ3) is 2.48. The Morgan fingerprint density at radius 3 is 2.70 bits per heavy atom. The van der Waals surface area contributed by atoms with Gasteiger partial charge in [-0.15, -0.1) is 6.42 Å². The van der Waals surface area contributed by atoms with Gasteiger partial charge in [0.1, 0.15) is 5.82 Å². The van der Waals surface area contributed by atoms with Crippen LogP contribution in [0, 0.1) is 18.3 Å². The average molecular weight is 266 g/mol. The number of hydrogen-bond donors (Lipinski definition) is 1. The maximum atomic E-state index is 9.44. The number of benzene rings is 1. The molecule has 1 heterocycles. The molecule has 3 heteroatoms. The van der Waals surface area contributed by atoms with Crippen LogP contribution in [0.5, 0.6) is 0 Å². The first-order valence-electron chi connectivity index (χ1n) is 6.99. The van der Waals surface area contributed by atoms with Gasteiger partial charge in [-0.05, 0) is 24.1 Å². The number of terminal acetylenes is 1. The second kappa shape index (κ2) is 5.52. The highest BCUT2D eigenvalue weighted by molar-refractivity contribution is 5.94. The monoisotopic (exact) mass is 266 g/mol. The molecule has 0 bridgehead atoms. The van der Waals surface area contributed by atoms with E-state index in [9.17, 15) is 5.11 Å². The zero-order valence-corrected chi connectivity index (χ0v) is 11.4. The van der Waals surface area contributed by atoms with Crippen LogP contribution in [-0.4, -0.2) is 23.2 Å². The van der Waals surface area contributed by atoms with Crippen molar-refractivity contribution in [2.45, 2.75) is 19.4 Å². The zero-order chi connectivity index (χ0) is 13.9. The summed E-state index contributed by atoms with van der Waals surface area (Å²) in [5.41, 5.74) is 0.858. The molecule has 3 nitrogen and oxygen atoms in total. The highest BCUT2D eigenvalue weighted by atomic mass is 16.3. The number of nitrogens with zero attached hydrogens (tertiary/aromatic N) is 2. The number of fused-ring (bicyclic) bond motifs is 1. The normalized spacial score (nSPS) is 14.2. The number of aromatic nitrogens is 1. The first-order valence-corrected chi connectivity index (χ1v) is 6.99. The first-order chi connectivity index (χ1) is 9.83. The van der Waals surface area contributed by atoms with E-state index < -0.39 is 0 Å². The minimum Gasteiger partial charge on any atom is -0.392 e. The minimum absolute atomic E-state index is 0.00551. The van der Waals surface area contributed by atoms with Crippen molar-refractivity contribution in [3.8, 4) is 12.3 Å². The molecule has 1 aliphatic carbocycles. The lowest BCUT2D eigenvalue weighted by Gasteiger charge is -2.23. The third-order valence-electron chi connectivity index (χ3n) is 3.78. The summed E-state index contributed by atoms with van der Waals surface area (Å²) in [6.45, 7) is 1.55. The fourth-order valence-corrected chi connectivity index (χ4v) is 2.56. The minimum atomic E-state index is 0.00551. The van der Waals surface area contributed by atoms with Crippen LogP contribution in [0.2, 0.25) is 0 Å². The van der Waals surface area contributed by atoms with Gasteiger partial charge in [0.25, 0.3) is 0 Å². The van der Waals surface area contributed by atoms with Crippen LogP contribution in [0.3, 0.4) is 0 Å². The molecule has 3 rings (SSSR count). The van der Waals surface area contributed by atoms with E-state index in [1.807, 2.05) is 24.3 Å². The van der Waals surface area contributed by atoms with Crippen LogP contribution in [0.1, 0.15) is 18.4 Å². The van der Waals surface area contributed by atoms with Crippen LogP contribution in [0.25, 0.3) is 10.8 Å². The molecular formula is C17H18N2O. The van der Waals surface area contributed by atoms with Gasteiger partial charge in [-0.3, -0.25) is 0 Å². The van der Waals surface area contributed by atoms with Gasteiger partial charge in [0, 0.05) is 23.7 Å². The van der Waals surface area contributed by atoms with Gasteiger partial charge in [0.2, 0.25) is 0 Å². The Bertz CT molecular complexity index is 656. The van der Waals surface area contributed by atoms with Crippen molar-refractivity contribution < 1.29 is 5.11 Å². The van der Waals surface area contributed by atoms with Crippen molar-refractivity contribution in [1.82, 2.24) is 4.98 Å². The molecular weight excluding hydrogens is 248 g/mol. The lowest BCUT2D eigenvalue weighted by Crippen LogP contribution is -2.27. The van der Waals surface area contributed by atoms with E-state index in [1.165, 1.54) is 12.8 Å². The van der Waals surface area contributed by atoms with Gasteiger partial charge in [0.15, 0.2) is 0 Å². The van der Waals surface area contributed by atoms with Crippen molar-refractivity contribution in [3.05, 3.63) is 36.0 Å². The number of hydrogen-bond acceptors (Lipinski definition) is 3. The Kier molecular flexibility index (Phi) is 3.58. The lowest BCUT2D eigenvalue weighted by atomic mass is 10.1. The predicted octanol–water partition coefficient (Wildman–Crippen LogP) is 2.58. The Morgan fingerprint density at radius 1 is 1.30 bits per heavy atom. The molecule has 20 heavy (non-hydrogen) atoms. The standard InChI is InChI=1S/C17H18N2O/c1-2-9-19(11-13-7-8-13)17-16-6-4-3-5-15(16)14(12-20)10-18-17/h1,3-6,10,13,20H,7-9,11-12H2. The fourth-order valence-electron chi connectivity index (χ4n) is 2.56. The van der Waals surface area contributed by atoms with Crippen molar-refractivity contribution in [3.63, 3.8) is 0 Å². The van der Waals surface area contributed by atoms with E-state index >= 15 is 0 Å². The van der Waals surface area contributed by atoms with Crippen LogP contribution in [-0.2, 0) is 6.61 Å². The lowest BCUT2D eigenvalue weighted by molar-refractivity contribution is 0.283. The van der Waals surface area contributed by atoms with E-state index in [1.54, 1.807) is 6.20 Å². The van der Waals surface area contributed by atoms with Gasteiger partial charge in [-0.1, -0.05) is 30.2 Å². The maximum Gasteiger partial charge on any atom is 0.137 e. The van der Waals surface area contributed by atoms with Gasteiger partial charge < -0.3 is 10.0 Å². The molecule has 1 aromatic heterocycles. The van der Waals surface area contributed by atoms with Crippen LogP contribution in [0.15, 0.2) is 30.5 Å². The molecule has 0 atom stereocenters.